The van der Waals surface area contributed by atoms with Gasteiger partial charge in [-0.1, -0.05) is 12.1 Å². The van der Waals surface area contributed by atoms with Crippen molar-refractivity contribution >= 4 is 11.8 Å². The Bertz CT molecular complexity index is 551. The van der Waals surface area contributed by atoms with Crippen molar-refractivity contribution in [2.75, 3.05) is 40.3 Å². The van der Waals surface area contributed by atoms with Gasteiger partial charge in [0.2, 0.25) is 5.91 Å². The number of piperidine rings is 1. The van der Waals surface area contributed by atoms with Crippen molar-refractivity contribution in [3.8, 4) is 0 Å². The number of hydrogen-bond acceptors (Lipinski definition) is 3. The van der Waals surface area contributed by atoms with Crippen LogP contribution in [0.4, 0.5) is 0 Å². The number of benzene rings is 1. The first-order chi connectivity index (χ1) is 11.6. The topological polar surface area (TPSA) is 52.7 Å². The van der Waals surface area contributed by atoms with E-state index in [-0.39, 0.29) is 11.8 Å². The second kappa shape index (κ2) is 9.42. The Morgan fingerprint density at radius 3 is 2.62 bits per heavy atom. The molecule has 5 heteroatoms. The fraction of sp³-hybridized carbons (Fsp3) is 0.579. The molecule has 0 atom stereocenters. The Labute approximate surface area is 145 Å². The molecule has 1 fully saturated rings. The van der Waals surface area contributed by atoms with Gasteiger partial charge in [0.25, 0.3) is 5.91 Å². The van der Waals surface area contributed by atoms with E-state index in [0.29, 0.717) is 18.5 Å². The van der Waals surface area contributed by atoms with Crippen molar-refractivity contribution in [3.05, 3.63) is 35.4 Å². The minimum absolute atomic E-state index is 0.104. The summed E-state index contributed by atoms with van der Waals surface area (Å²) in [6.45, 7) is 3.08. The van der Waals surface area contributed by atoms with Crippen LogP contribution in [-0.4, -0.2) is 61.9 Å². The molecular formula is C19H29N3O2. The summed E-state index contributed by atoms with van der Waals surface area (Å²) in [4.78, 5) is 28.4. The van der Waals surface area contributed by atoms with Crippen LogP contribution in [0.15, 0.2) is 24.3 Å². The summed E-state index contributed by atoms with van der Waals surface area (Å²) in [7, 11) is 4.08. The first-order valence-electron chi connectivity index (χ1n) is 8.86. The summed E-state index contributed by atoms with van der Waals surface area (Å²) in [5.74, 6) is 0.0443. The van der Waals surface area contributed by atoms with Crippen LogP contribution in [-0.2, 0) is 11.2 Å². The summed E-state index contributed by atoms with van der Waals surface area (Å²) in [5, 5.41) is 2.86. The zero-order chi connectivity index (χ0) is 17.4. The third-order valence-corrected chi connectivity index (χ3v) is 4.37. The molecule has 0 aromatic heterocycles. The number of likely N-dealkylation sites (N-methyl/N-ethyl adjacent to an activating group) is 1. The number of amides is 2. The molecule has 5 nitrogen and oxygen atoms in total. The SMILES string of the molecule is CN(C)CCc1cccc(C(=O)NCCC(=O)N2CCCCC2)c1. The largest absolute Gasteiger partial charge is 0.352 e. The zero-order valence-electron chi connectivity index (χ0n) is 14.9. The third-order valence-electron chi connectivity index (χ3n) is 4.37. The van der Waals surface area contributed by atoms with Gasteiger partial charge < -0.3 is 15.1 Å². The summed E-state index contributed by atoms with van der Waals surface area (Å²) < 4.78 is 0. The number of nitrogens with zero attached hydrogens (tertiary/aromatic N) is 2. The lowest BCUT2D eigenvalue weighted by molar-refractivity contribution is -0.131. The van der Waals surface area contributed by atoms with Crippen LogP contribution in [0.3, 0.4) is 0 Å². The number of nitrogens with one attached hydrogen (secondary N) is 1. The average Bonchev–Trinajstić information content (AvgIpc) is 2.60. The molecular weight excluding hydrogens is 302 g/mol. The molecule has 1 aromatic carbocycles. The molecule has 0 radical (unpaired) electrons. The van der Waals surface area contributed by atoms with Gasteiger partial charge in [0, 0.05) is 38.2 Å². The lowest BCUT2D eigenvalue weighted by Crippen LogP contribution is -2.37. The first-order valence-corrected chi connectivity index (χ1v) is 8.86. The summed E-state index contributed by atoms with van der Waals surface area (Å²) in [5.41, 5.74) is 1.82. The smallest absolute Gasteiger partial charge is 0.251 e. The van der Waals surface area contributed by atoms with Crippen molar-refractivity contribution in [2.45, 2.75) is 32.1 Å². The van der Waals surface area contributed by atoms with Crippen LogP contribution in [0, 0.1) is 0 Å². The molecule has 1 heterocycles. The van der Waals surface area contributed by atoms with E-state index in [4.69, 9.17) is 0 Å². The fourth-order valence-electron chi connectivity index (χ4n) is 2.91. The van der Waals surface area contributed by atoms with E-state index in [1.807, 2.05) is 43.3 Å². The van der Waals surface area contributed by atoms with E-state index in [9.17, 15) is 9.59 Å². The summed E-state index contributed by atoms with van der Waals surface area (Å²) >= 11 is 0. The molecule has 1 N–H and O–H groups in total. The van der Waals surface area contributed by atoms with Crippen molar-refractivity contribution in [2.24, 2.45) is 0 Å². The highest BCUT2D eigenvalue weighted by Gasteiger charge is 2.16. The minimum atomic E-state index is -0.104. The molecule has 0 spiro atoms. The van der Waals surface area contributed by atoms with Gasteiger partial charge in [0.05, 0.1) is 0 Å². The molecule has 24 heavy (non-hydrogen) atoms. The Morgan fingerprint density at radius 2 is 1.92 bits per heavy atom. The van der Waals surface area contributed by atoms with Gasteiger partial charge >= 0.3 is 0 Å². The van der Waals surface area contributed by atoms with Gasteiger partial charge in [-0.05, 0) is 57.5 Å². The normalized spacial score (nSPS) is 14.7. The van der Waals surface area contributed by atoms with E-state index in [2.05, 4.69) is 10.2 Å². The van der Waals surface area contributed by atoms with E-state index in [0.717, 1.165) is 44.5 Å². The van der Waals surface area contributed by atoms with Crippen LogP contribution in [0.25, 0.3) is 0 Å². The highest BCUT2D eigenvalue weighted by Crippen LogP contribution is 2.10. The van der Waals surface area contributed by atoms with Crippen molar-refractivity contribution in [1.82, 2.24) is 15.1 Å². The van der Waals surface area contributed by atoms with Gasteiger partial charge in [-0.3, -0.25) is 9.59 Å². The Morgan fingerprint density at radius 1 is 1.17 bits per heavy atom. The Kier molecular flexibility index (Phi) is 7.25. The molecule has 132 valence electrons. The van der Waals surface area contributed by atoms with Crippen molar-refractivity contribution in [3.63, 3.8) is 0 Å². The van der Waals surface area contributed by atoms with Gasteiger partial charge in [0.1, 0.15) is 0 Å². The van der Waals surface area contributed by atoms with E-state index in [1.54, 1.807) is 0 Å². The van der Waals surface area contributed by atoms with Crippen LogP contribution < -0.4 is 5.32 Å². The third kappa shape index (κ3) is 5.96. The van der Waals surface area contributed by atoms with E-state index >= 15 is 0 Å². The second-order valence-corrected chi connectivity index (χ2v) is 6.70. The molecule has 0 bridgehead atoms. The van der Waals surface area contributed by atoms with Crippen LogP contribution in [0.2, 0.25) is 0 Å². The van der Waals surface area contributed by atoms with Crippen LogP contribution in [0.5, 0.6) is 0 Å². The molecule has 1 aromatic rings. The lowest BCUT2D eigenvalue weighted by atomic mass is 10.1. The summed E-state index contributed by atoms with van der Waals surface area (Å²) in [6, 6.07) is 7.71. The maximum atomic E-state index is 12.2. The maximum absolute atomic E-state index is 12.2. The van der Waals surface area contributed by atoms with E-state index < -0.39 is 0 Å². The number of carbonyl (C=O) groups excluding carboxylic acids is 2. The van der Waals surface area contributed by atoms with Crippen LogP contribution in [0.1, 0.15) is 41.6 Å². The van der Waals surface area contributed by atoms with E-state index in [1.165, 1.54) is 6.42 Å². The quantitative estimate of drug-likeness (QED) is 0.830. The molecule has 0 unspecified atom stereocenters. The van der Waals surface area contributed by atoms with Gasteiger partial charge in [-0.2, -0.15) is 0 Å². The predicted molar refractivity (Wildman–Crippen MR) is 96.1 cm³/mol. The Balaban J connectivity index is 1.77. The zero-order valence-corrected chi connectivity index (χ0v) is 14.9. The average molecular weight is 331 g/mol. The molecule has 1 saturated heterocycles. The molecule has 2 rings (SSSR count). The maximum Gasteiger partial charge on any atom is 0.251 e. The Hall–Kier alpha value is -1.88. The van der Waals surface area contributed by atoms with Crippen molar-refractivity contribution < 1.29 is 9.59 Å². The van der Waals surface area contributed by atoms with Crippen molar-refractivity contribution in [1.29, 1.82) is 0 Å². The highest BCUT2D eigenvalue weighted by molar-refractivity contribution is 5.94. The second-order valence-electron chi connectivity index (χ2n) is 6.70. The standard InChI is InChI=1S/C19H29N3O2/c1-21(2)14-10-16-7-6-8-17(15-16)19(24)20-11-9-18(23)22-12-4-3-5-13-22/h6-8,15H,3-5,9-14H2,1-2H3,(H,20,24). The fourth-order valence-corrected chi connectivity index (χ4v) is 2.91. The number of likely N-dealkylation sites (tertiary alicyclic amines) is 1. The summed E-state index contributed by atoms with van der Waals surface area (Å²) in [6.07, 6.45) is 4.70. The first kappa shape index (κ1) is 18.5. The number of rotatable bonds is 7. The van der Waals surface area contributed by atoms with Gasteiger partial charge in [-0.15, -0.1) is 0 Å². The molecule has 0 saturated carbocycles. The van der Waals surface area contributed by atoms with Gasteiger partial charge in [0.15, 0.2) is 0 Å². The molecule has 2 amide bonds. The molecule has 0 aliphatic carbocycles. The molecule has 1 aliphatic rings. The number of carbonyl (C=O) groups is 2. The predicted octanol–water partition coefficient (Wildman–Crippen LogP) is 1.92. The van der Waals surface area contributed by atoms with Crippen LogP contribution >= 0.6 is 0 Å². The number of hydrogen-bond donors (Lipinski definition) is 1. The monoisotopic (exact) mass is 331 g/mol. The van der Waals surface area contributed by atoms with Gasteiger partial charge in [-0.25, -0.2) is 0 Å². The lowest BCUT2D eigenvalue weighted by Gasteiger charge is -2.26. The minimum Gasteiger partial charge on any atom is -0.352 e. The highest BCUT2D eigenvalue weighted by atomic mass is 16.2. The molecule has 1 aliphatic heterocycles.